The molecule has 3 heterocycles. The predicted octanol–water partition coefficient (Wildman–Crippen LogP) is 1.75. The first-order valence-electron chi connectivity index (χ1n) is 9.80. The molecule has 9 nitrogen and oxygen atoms in total. The number of nitrogens with zero attached hydrogens (tertiary/aromatic N) is 5. The summed E-state index contributed by atoms with van der Waals surface area (Å²) in [4.78, 5) is 21.6. The first-order valence-corrected chi connectivity index (χ1v) is 9.80. The van der Waals surface area contributed by atoms with E-state index in [2.05, 4.69) is 31.2 Å². The zero-order valence-corrected chi connectivity index (χ0v) is 17.0. The van der Waals surface area contributed by atoms with Crippen molar-refractivity contribution in [3.05, 3.63) is 39.9 Å². The number of aromatic amines is 1. The Balaban J connectivity index is 1.46. The molecule has 3 aromatic rings. The number of H-pyrrole nitrogens is 1. The molecule has 2 aromatic heterocycles. The number of fused-ring (bicyclic) bond motifs is 1. The average molecular weight is 398 g/mol. The van der Waals surface area contributed by atoms with Crippen molar-refractivity contribution >= 4 is 11.2 Å². The minimum atomic E-state index is -0.238. The molecule has 1 N–H and O–H groups in total. The Hall–Kier alpha value is -2.94. The number of rotatable bonds is 6. The number of aryl methyl sites for hydroxylation is 1. The largest absolute Gasteiger partial charge is 0.493 e. The molecule has 0 amide bonds. The van der Waals surface area contributed by atoms with E-state index in [-0.39, 0.29) is 5.56 Å². The smallest absolute Gasteiger partial charge is 0.281 e. The number of nitrogens with one attached hydrogen (secondary N) is 1. The van der Waals surface area contributed by atoms with Crippen molar-refractivity contribution in [3.63, 3.8) is 0 Å². The van der Waals surface area contributed by atoms with Gasteiger partial charge in [0, 0.05) is 19.6 Å². The Kier molecular flexibility index (Phi) is 5.48. The molecule has 1 saturated heterocycles. The molecule has 154 valence electrons. The van der Waals surface area contributed by atoms with Crippen LogP contribution >= 0.6 is 0 Å². The van der Waals surface area contributed by atoms with Gasteiger partial charge in [-0.1, -0.05) is 11.3 Å². The second kappa shape index (κ2) is 8.20. The van der Waals surface area contributed by atoms with E-state index in [1.54, 1.807) is 25.8 Å². The van der Waals surface area contributed by atoms with Gasteiger partial charge in [-0.3, -0.25) is 9.69 Å². The number of benzene rings is 1. The van der Waals surface area contributed by atoms with Gasteiger partial charge in [0.25, 0.3) is 5.56 Å². The third-order valence-electron chi connectivity index (χ3n) is 5.38. The van der Waals surface area contributed by atoms with Crippen LogP contribution in [0.25, 0.3) is 11.2 Å². The van der Waals surface area contributed by atoms with Crippen molar-refractivity contribution in [2.75, 3.05) is 27.3 Å². The summed E-state index contributed by atoms with van der Waals surface area (Å²) in [6.45, 7) is 5.34. The quantitative estimate of drug-likeness (QED) is 0.675. The number of hydrogen-bond acceptors (Lipinski definition) is 7. The third-order valence-corrected chi connectivity index (χ3v) is 5.38. The standard InChI is InChI=1S/C20H26N6O3/c1-13-21-19-18(20(27)22-13)23-24-26(19)12-15-5-4-8-25(11-15)10-14-6-7-16(28-2)17(9-14)29-3/h6-7,9,15H,4-5,8,10-12H2,1-3H3,(H,21,22,27)/t15-/m1/s1. The van der Waals surface area contributed by atoms with E-state index in [0.29, 0.717) is 29.5 Å². The van der Waals surface area contributed by atoms with Gasteiger partial charge in [-0.25, -0.2) is 9.67 Å². The number of likely N-dealkylation sites (tertiary alicyclic amines) is 1. The van der Waals surface area contributed by atoms with Crippen molar-refractivity contribution in [3.8, 4) is 11.5 Å². The highest BCUT2D eigenvalue weighted by Crippen LogP contribution is 2.29. The first-order chi connectivity index (χ1) is 14.1. The minimum absolute atomic E-state index is 0.238. The summed E-state index contributed by atoms with van der Waals surface area (Å²) in [5.41, 5.74) is 1.81. The fraction of sp³-hybridized carbons (Fsp3) is 0.500. The highest BCUT2D eigenvalue weighted by Gasteiger charge is 2.22. The lowest BCUT2D eigenvalue weighted by Crippen LogP contribution is -2.36. The van der Waals surface area contributed by atoms with Gasteiger partial charge in [0.1, 0.15) is 5.82 Å². The SMILES string of the molecule is COc1ccc(CN2CCC[C@@H](Cn3nnc4c(=O)[nH]c(C)nc43)C2)cc1OC. The molecule has 1 atom stereocenters. The molecule has 0 spiro atoms. The normalized spacial score (nSPS) is 17.6. The maximum Gasteiger partial charge on any atom is 0.281 e. The molecule has 1 aliphatic heterocycles. The van der Waals surface area contributed by atoms with Gasteiger partial charge in [0.05, 0.1) is 14.2 Å². The molecule has 9 heteroatoms. The fourth-order valence-corrected chi connectivity index (χ4v) is 4.02. The number of hydrogen-bond donors (Lipinski definition) is 1. The number of piperidine rings is 1. The molecule has 1 fully saturated rings. The average Bonchev–Trinajstić information content (AvgIpc) is 3.11. The molecule has 1 aliphatic rings. The van der Waals surface area contributed by atoms with E-state index in [9.17, 15) is 4.79 Å². The summed E-state index contributed by atoms with van der Waals surface area (Å²) in [5, 5.41) is 8.19. The fourth-order valence-electron chi connectivity index (χ4n) is 4.02. The topological polar surface area (TPSA) is 98.2 Å². The zero-order valence-electron chi connectivity index (χ0n) is 17.0. The highest BCUT2D eigenvalue weighted by molar-refractivity contribution is 5.67. The van der Waals surface area contributed by atoms with Crippen LogP contribution in [0.1, 0.15) is 24.2 Å². The molecule has 0 unspecified atom stereocenters. The Labute approximate surface area is 168 Å². The van der Waals surface area contributed by atoms with Crippen LogP contribution in [0.4, 0.5) is 0 Å². The van der Waals surface area contributed by atoms with Gasteiger partial charge in [-0.2, -0.15) is 0 Å². The lowest BCUT2D eigenvalue weighted by Gasteiger charge is -2.32. The summed E-state index contributed by atoms with van der Waals surface area (Å²) in [6, 6.07) is 6.06. The van der Waals surface area contributed by atoms with Crippen LogP contribution in [0.5, 0.6) is 11.5 Å². The lowest BCUT2D eigenvalue weighted by molar-refractivity contribution is 0.153. The number of ether oxygens (including phenoxy) is 2. The Morgan fingerprint density at radius 3 is 2.86 bits per heavy atom. The van der Waals surface area contributed by atoms with Crippen molar-refractivity contribution in [2.45, 2.75) is 32.9 Å². The molecule has 0 saturated carbocycles. The van der Waals surface area contributed by atoms with Crippen LogP contribution in [-0.2, 0) is 13.1 Å². The summed E-state index contributed by atoms with van der Waals surface area (Å²) < 4.78 is 12.5. The van der Waals surface area contributed by atoms with Gasteiger partial charge in [0.15, 0.2) is 22.7 Å². The van der Waals surface area contributed by atoms with E-state index in [1.807, 2.05) is 12.1 Å². The maximum atomic E-state index is 12.0. The van der Waals surface area contributed by atoms with E-state index >= 15 is 0 Å². The van der Waals surface area contributed by atoms with E-state index in [0.717, 1.165) is 44.0 Å². The Morgan fingerprint density at radius 2 is 2.07 bits per heavy atom. The Bertz CT molecular complexity index is 1060. The van der Waals surface area contributed by atoms with Crippen LogP contribution in [0.15, 0.2) is 23.0 Å². The second-order valence-corrected chi connectivity index (χ2v) is 7.53. The summed E-state index contributed by atoms with van der Waals surface area (Å²) in [7, 11) is 3.30. The molecule has 0 radical (unpaired) electrons. The monoisotopic (exact) mass is 398 g/mol. The summed E-state index contributed by atoms with van der Waals surface area (Å²) in [6.07, 6.45) is 2.24. The Morgan fingerprint density at radius 1 is 1.24 bits per heavy atom. The van der Waals surface area contributed by atoms with Crippen LogP contribution in [0.3, 0.4) is 0 Å². The van der Waals surface area contributed by atoms with Gasteiger partial charge in [0.2, 0.25) is 0 Å². The molecule has 29 heavy (non-hydrogen) atoms. The van der Waals surface area contributed by atoms with Gasteiger partial charge < -0.3 is 14.5 Å². The van der Waals surface area contributed by atoms with Crippen LogP contribution in [-0.4, -0.2) is 57.2 Å². The first kappa shape index (κ1) is 19.4. The van der Waals surface area contributed by atoms with Gasteiger partial charge in [-0.15, -0.1) is 5.10 Å². The molecule has 0 bridgehead atoms. The third kappa shape index (κ3) is 4.09. The van der Waals surface area contributed by atoms with Gasteiger partial charge >= 0.3 is 0 Å². The predicted molar refractivity (Wildman–Crippen MR) is 108 cm³/mol. The molecular weight excluding hydrogens is 372 g/mol. The molecule has 1 aromatic carbocycles. The van der Waals surface area contributed by atoms with Crippen molar-refractivity contribution in [2.24, 2.45) is 5.92 Å². The molecular formula is C20H26N6O3. The second-order valence-electron chi connectivity index (χ2n) is 7.53. The van der Waals surface area contributed by atoms with Crippen molar-refractivity contribution in [1.29, 1.82) is 0 Å². The minimum Gasteiger partial charge on any atom is -0.493 e. The van der Waals surface area contributed by atoms with Crippen molar-refractivity contribution < 1.29 is 9.47 Å². The van der Waals surface area contributed by atoms with Crippen LogP contribution < -0.4 is 15.0 Å². The highest BCUT2D eigenvalue weighted by atomic mass is 16.5. The molecule has 4 rings (SSSR count). The molecule has 0 aliphatic carbocycles. The number of methoxy groups -OCH3 is 2. The summed E-state index contributed by atoms with van der Waals surface area (Å²) in [5.74, 6) is 2.49. The van der Waals surface area contributed by atoms with E-state index < -0.39 is 0 Å². The number of aromatic nitrogens is 5. The lowest BCUT2D eigenvalue weighted by atomic mass is 9.97. The van der Waals surface area contributed by atoms with Gasteiger partial charge in [-0.05, 0) is 49.9 Å². The maximum absolute atomic E-state index is 12.0. The van der Waals surface area contributed by atoms with E-state index in [4.69, 9.17) is 9.47 Å². The zero-order chi connectivity index (χ0) is 20.4. The van der Waals surface area contributed by atoms with E-state index in [1.165, 1.54) is 5.56 Å². The van der Waals surface area contributed by atoms with Crippen LogP contribution in [0.2, 0.25) is 0 Å². The van der Waals surface area contributed by atoms with Crippen LogP contribution in [0, 0.1) is 12.8 Å². The summed E-state index contributed by atoms with van der Waals surface area (Å²) >= 11 is 0. The van der Waals surface area contributed by atoms with Crippen molar-refractivity contribution in [1.82, 2.24) is 29.9 Å².